The first-order valence-corrected chi connectivity index (χ1v) is 7.89. The Morgan fingerprint density at radius 2 is 2.11 bits per heavy atom. The quantitative estimate of drug-likeness (QED) is 0.917. The standard InChI is InChI=1S/C15H22N2OS/c1-15(2)18-14-12(4-3-5-13(14)19-15)6-9-17-10-7-16-8-11-17/h3-5,16H,6-11H2,1-2H3. The average molecular weight is 278 g/mol. The fourth-order valence-electron chi connectivity index (χ4n) is 2.70. The van der Waals surface area contributed by atoms with Crippen LogP contribution in [0.5, 0.6) is 5.75 Å². The van der Waals surface area contributed by atoms with Crippen molar-refractivity contribution in [2.75, 3.05) is 32.7 Å². The maximum atomic E-state index is 6.10. The molecule has 3 nitrogen and oxygen atoms in total. The monoisotopic (exact) mass is 278 g/mol. The lowest BCUT2D eigenvalue weighted by atomic mass is 10.1. The van der Waals surface area contributed by atoms with Gasteiger partial charge in [0.1, 0.15) is 5.75 Å². The molecule has 0 radical (unpaired) electrons. The second-order valence-corrected chi connectivity index (χ2v) is 7.32. The van der Waals surface area contributed by atoms with Crippen LogP contribution >= 0.6 is 11.8 Å². The smallest absolute Gasteiger partial charge is 0.153 e. The van der Waals surface area contributed by atoms with Crippen LogP contribution < -0.4 is 10.1 Å². The van der Waals surface area contributed by atoms with Crippen LogP contribution in [0.3, 0.4) is 0 Å². The molecule has 2 heterocycles. The Morgan fingerprint density at radius 1 is 1.32 bits per heavy atom. The molecule has 0 bridgehead atoms. The lowest BCUT2D eigenvalue weighted by molar-refractivity contribution is 0.209. The lowest BCUT2D eigenvalue weighted by Crippen LogP contribution is -2.44. The third-order valence-electron chi connectivity index (χ3n) is 3.67. The predicted molar refractivity (Wildman–Crippen MR) is 80.0 cm³/mol. The van der Waals surface area contributed by atoms with Gasteiger partial charge in [0.2, 0.25) is 0 Å². The van der Waals surface area contributed by atoms with Crippen LogP contribution in [0.25, 0.3) is 0 Å². The minimum absolute atomic E-state index is 0.118. The van der Waals surface area contributed by atoms with Gasteiger partial charge < -0.3 is 15.0 Å². The molecule has 19 heavy (non-hydrogen) atoms. The number of nitrogens with one attached hydrogen (secondary N) is 1. The van der Waals surface area contributed by atoms with Crippen molar-refractivity contribution in [1.82, 2.24) is 10.2 Å². The Hall–Kier alpha value is -0.710. The molecule has 0 spiro atoms. The van der Waals surface area contributed by atoms with Gasteiger partial charge >= 0.3 is 0 Å². The Bertz CT molecular complexity index is 455. The van der Waals surface area contributed by atoms with E-state index in [0.717, 1.165) is 44.9 Å². The van der Waals surface area contributed by atoms with Gasteiger partial charge in [-0.05, 0) is 31.9 Å². The summed E-state index contributed by atoms with van der Waals surface area (Å²) in [7, 11) is 0. The highest BCUT2D eigenvalue weighted by Gasteiger charge is 2.32. The lowest BCUT2D eigenvalue weighted by Gasteiger charge is -2.27. The van der Waals surface area contributed by atoms with E-state index in [4.69, 9.17) is 4.74 Å². The molecule has 0 atom stereocenters. The fourth-order valence-corrected chi connectivity index (χ4v) is 3.77. The molecule has 104 valence electrons. The van der Waals surface area contributed by atoms with E-state index < -0.39 is 0 Å². The molecule has 1 saturated heterocycles. The Morgan fingerprint density at radius 3 is 2.89 bits per heavy atom. The molecule has 1 aromatic carbocycles. The van der Waals surface area contributed by atoms with Crippen molar-refractivity contribution in [3.05, 3.63) is 23.8 Å². The van der Waals surface area contributed by atoms with Crippen LogP contribution in [0, 0.1) is 0 Å². The van der Waals surface area contributed by atoms with E-state index in [2.05, 4.69) is 42.3 Å². The number of hydrogen-bond donors (Lipinski definition) is 1. The highest BCUT2D eigenvalue weighted by Crippen LogP contribution is 2.48. The minimum Gasteiger partial charge on any atom is -0.475 e. The van der Waals surface area contributed by atoms with Gasteiger partial charge in [0, 0.05) is 32.7 Å². The van der Waals surface area contributed by atoms with Crippen LogP contribution in [0.2, 0.25) is 0 Å². The zero-order valence-corrected chi connectivity index (χ0v) is 12.6. The number of nitrogens with zero attached hydrogens (tertiary/aromatic N) is 1. The summed E-state index contributed by atoms with van der Waals surface area (Å²) in [5.74, 6) is 1.12. The first-order chi connectivity index (χ1) is 9.14. The van der Waals surface area contributed by atoms with Gasteiger partial charge in [-0.15, -0.1) is 0 Å². The van der Waals surface area contributed by atoms with Gasteiger partial charge in [0.05, 0.1) is 4.90 Å². The topological polar surface area (TPSA) is 24.5 Å². The number of benzene rings is 1. The molecule has 0 amide bonds. The van der Waals surface area contributed by atoms with Crippen LogP contribution in [-0.2, 0) is 6.42 Å². The van der Waals surface area contributed by atoms with Crippen molar-refractivity contribution < 1.29 is 4.74 Å². The number of fused-ring (bicyclic) bond motifs is 1. The van der Waals surface area contributed by atoms with Crippen molar-refractivity contribution in [3.63, 3.8) is 0 Å². The zero-order chi connectivity index (χ0) is 13.3. The van der Waals surface area contributed by atoms with E-state index in [9.17, 15) is 0 Å². The van der Waals surface area contributed by atoms with Gasteiger partial charge in [-0.2, -0.15) is 0 Å². The van der Waals surface area contributed by atoms with E-state index in [1.54, 1.807) is 0 Å². The van der Waals surface area contributed by atoms with Crippen molar-refractivity contribution >= 4 is 11.8 Å². The highest BCUT2D eigenvalue weighted by atomic mass is 32.2. The van der Waals surface area contributed by atoms with Gasteiger partial charge in [-0.25, -0.2) is 0 Å². The van der Waals surface area contributed by atoms with Crippen molar-refractivity contribution in [2.45, 2.75) is 30.1 Å². The molecular formula is C15H22N2OS. The molecule has 1 fully saturated rings. The van der Waals surface area contributed by atoms with E-state index >= 15 is 0 Å². The molecule has 0 saturated carbocycles. The zero-order valence-electron chi connectivity index (χ0n) is 11.7. The Labute approximate surface area is 119 Å². The largest absolute Gasteiger partial charge is 0.475 e. The van der Waals surface area contributed by atoms with E-state index in [1.807, 2.05) is 11.8 Å². The molecular weight excluding hydrogens is 256 g/mol. The molecule has 1 aromatic rings. The Kier molecular flexibility index (Phi) is 3.74. The average Bonchev–Trinajstić information content (AvgIpc) is 2.72. The highest BCUT2D eigenvalue weighted by molar-refractivity contribution is 8.00. The van der Waals surface area contributed by atoms with Crippen LogP contribution in [-0.4, -0.2) is 42.6 Å². The maximum absolute atomic E-state index is 6.10. The summed E-state index contributed by atoms with van der Waals surface area (Å²) >= 11 is 1.82. The van der Waals surface area contributed by atoms with Gasteiger partial charge in [-0.3, -0.25) is 0 Å². The molecule has 0 aromatic heterocycles. The first-order valence-electron chi connectivity index (χ1n) is 7.07. The van der Waals surface area contributed by atoms with E-state index in [1.165, 1.54) is 10.5 Å². The van der Waals surface area contributed by atoms with Crippen LogP contribution in [0.4, 0.5) is 0 Å². The summed E-state index contributed by atoms with van der Waals surface area (Å²) in [4.78, 5) is 3.71. The summed E-state index contributed by atoms with van der Waals surface area (Å²) in [6.07, 6.45) is 1.08. The maximum Gasteiger partial charge on any atom is 0.153 e. The summed E-state index contributed by atoms with van der Waals surface area (Å²) in [6.45, 7) is 9.97. The van der Waals surface area contributed by atoms with Gasteiger partial charge in [0.25, 0.3) is 0 Å². The van der Waals surface area contributed by atoms with E-state index in [0.29, 0.717) is 0 Å². The molecule has 1 N–H and O–H groups in total. The third kappa shape index (κ3) is 3.07. The van der Waals surface area contributed by atoms with Crippen molar-refractivity contribution in [3.8, 4) is 5.75 Å². The van der Waals surface area contributed by atoms with Gasteiger partial charge in [-0.1, -0.05) is 23.9 Å². The molecule has 2 aliphatic heterocycles. The fraction of sp³-hybridized carbons (Fsp3) is 0.600. The molecule has 3 rings (SSSR count). The second-order valence-electron chi connectivity index (χ2n) is 5.69. The third-order valence-corrected chi connectivity index (χ3v) is 4.79. The molecule has 2 aliphatic rings. The van der Waals surface area contributed by atoms with Crippen molar-refractivity contribution in [1.29, 1.82) is 0 Å². The number of ether oxygens (including phenoxy) is 1. The van der Waals surface area contributed by atoms with Crippen LogP contribution in [0.15, 0.2) is 23.1 Å². The molecule has 0 aliphatic carbocycles. The SMILES string of the molecule is CC1(C)Oc2c(CCN3CCNCC3)cccc2S1. The number of hydrogen-bond acceptors (Lipinski definition) is 4. The summed E-state index contributed by atoms with van der Waals surface area (Å²) < 4.78 is 6.10. The van der Waals surface area contributed by atoms with Crippen molar-refractivity contribution in [2.24, 2.45) is 0 Å². The first kappa shape index (κ1) is 13.3. The molecule has 4 heteroatoms. The number of rotatable bonds is 3. The number of piperazine rings is 1. The Balaban J connectivity index is 1.67. The summed E-state index contributed by atoms with van der Waals surface area (Å²) in [5, 5.41) is 3.40. The second kappa shape index (κ2) is 5.35. The van der Waals surface area contributed by atoms with Crippen LogP contribution in [0.1, 0.15) is 19.4 Å². The minimum atomic E-state index is -0.118. The van der Waals surface area contributed by atoms with Gasteiger partial charge in [0.15, 0.2) is 4.93 Å². The van der Waals surface area contributed by atoms with E-state index in [-0.39, 0.29) is 4.93 Å². The summed E-state index contributed by atoms with van der Waals surface area (Å²) in [6, 6.07) is 6.54. The summed E-state index contributed by atoms with van der Waals surface area (Å²) in [5.41, 5.74) is 1.36. The number of thioether (sulfide) groups is 1. The molecule has 0 unspecified atom stereocenters. The normalized spacial score (nSPS) is 22.0. The number of para-hydroxylation sites is 1. The predicted octanol–water partition coefficient (Wildman–Crippen LogP) is 2.35.